The molecule has 5 heteroatoms. The Morgan fingerprint density at radius 1 is 1.36 bits per heavy atom. The lowest BCUT2D eigenvalue weighted by Crippen LogP contribution is -2.11. The third kappa shape index (κ3) is 2.19. The SMILES string of the molecule is C[C@@H](N)c1cccc(C(F)(F)F)c1Cl. The van der Waals surface area contributed by atoms with Crippen LogP contribution in [0.4, 0.5) is 13.2 Å². The van der Waals surface area contributed by atoms with Gasteiger partial charge in [0.15, 0.2) is 0 Å². The van der Waals surface area contributed by atoms with E-state index in [0.717, 1.165) is 6.07 Å². The largest absolute Gasteiger partial charge is 0.417 e. The lowest BCUT2D eigenvalue weighted by atomic mass is 10.1. The van der Waals surface area contributed by atoms with Crippen LogP contribution < -0.4 is 5.73 Å². The van der Waals surface area contributed by atoms with Gasteiger partial charge in [-0.25, -0.2) is 0 Å². The summed E-state index contributed by atoms with van der Waals surface area (Å²) in [5, 5.41) is -0.310. The van der Waals surface area contributed by atoms with Gasteiger partial charge in [0.25, 0.3) is 0 Å². The number of hydrogen-bond donors (Lipinski definition) is 1. The van der Waals surface area contributed by atoms with E-state index < -0.39 is 17.8 Å². The van der Waals surface area contributed by atoms with Gasteiger partial charge in [0.2, 0.25) is 0 Å². The minimum absolute atomic E-state index is 0.307. The summed E-state index contributed by atoms with van der Waals surface area (Å²) in [7, 11) is 0. The van der Waals surface area contributed by atoms with Crippen molar-refractivity contribution in [3.63, 3.8) is 0 Å². The molecule has 0 aromatic heterocycles. The summed E-state index contributed by atoms with van der Waals surface area (Å²) in [6, 6.07) is 3.22. The molecule has 0 amide bonds. The summed E-state index contributed by atoms with van der Waals surface area (Å²) in [6.45, 7) is 1.58. The first-order valence-electron chi connectivity index (χ1n) is 3.95. The van der Waals surface area contributed by atoms with Crippen LogP contribution in [0.2, 0.25) is 5.02 Å². The molecule has 2 N–H and O–H groups in total. The van der Waals surface area contributed by atoms with Crippen molar-refractivity contribution in [1.29, 1.82) is 0 Å². The summed E-state index contributed by atoms with van der Waals surface area (Å²) in [5.41, 5.74) is 4.94. The molecule has 0 spiro atoms. The number of hydrogen-bond acceptors (Lipinski definition) is 1. The Bertz CT molecular complexity index is 333. The number of alkyl halides is 3. The summed E-state index contributed by atoms with van der Waals surface area (Å²) < 4.78 is 37.1. The van der Waals surface area contributed by atoms with Crippen LogP contribution >= 0.6 is 11.6 Å². The molecule has 1 aromatic rings. The second kappa shape index (κ2) is 3.79. The van der Waals surface area contributed by atoms with E-state index in [1.54, 1.807) is 6.92 Å². The lowest BCUT2D eigenvalue weighted by Gasteiger charge is -2.14. The van der Waals surface area contributed by atoms with Crippen LogP contribution in [0.3, 0.4) is 0 Å². The average molecular weight is 224 g/mol. The molecule has 0 aliphatic rings. The molecule has 0 heterocycles. The first-order valence-corrected chi connectivity index (χ1v) is 4.33. The van der Waals surface area contributed by atoms with Gasteiger partial charge in [0.05, 0.1) is 10.6 Å². The van der Waals surface area contributed by atoms with Crippen LogP contribution in [0.1, 0.15) is 24.1 Å². The van der Waals surface area contributed by atoms with Gasteiger partial charge >= 0.3 is 6.18 Å². The van der Waals surface area contributed by atoms with Crippen molar-refractivity contribution in [2.24, 2.45) is 5.73 Å². The van der Waals surface area contributed by atoms with E-state index in [4.69, 9.17) is 17.3 Å². The first-order chi connectivity index (χ1) is 6.34. The Balaban J connectivity index is 3.28. The quantitative estimate of drug-likeness (QED) is 0.776. The van der Waals surface area contributed by atoms with E-state index in [1.165, 1.54) is 12.1 Å². The molecule has 14 heavy (non-hydrogen) atoms. The molecule has 0 fully saturated rings. The van der Waals surface area contributed by atoms with Gasteiger partial charge in [0.1, 0.15) is 0 Å². The standard InChI is InChI=1S/C9H9ClF3N/c1-5(14)6-3-2-4-7(8(6)10)9(11,12)13/h2-5H,14H2,1H3/t5-/m1/s1. The summed E-state index contributed by atoms with van der Waals surface area (Å²) >= 11 is 5.59. The molecule has 0 bridgehead atoms. The van der Waals surface area contributed by atoms with E-state index in [9.17, 15) is 13.2 Å². The van der Waals surface area contributed by atoms with Gasteiger partial charge in [-0.3, -0.25) is 0 Å². The molecule has 0 aliphatic heterocycles. The lowest BCUT2D eigenvalue weighted by molar-refractivity contribution is -0.137. The van der Waals surface area contributed by atoms with Crippen LogP contribution in [-0.2, 0) is 6.18 Å². The molecule has 1 nitrogen and oxygen atoms in total. The van der Waals surface area contributed by atoms with Crippen LogP contribution in [0.25, 0.3) is 0 Å². The predicted molar refractivity (Wildman–Crippen MR) is 49.1 cm³/mol. The molecule has 0 saturated carbocycles. The number of benzene rings is 1. The highest BCUT2D eigenvalue weighted by Crippen LogP contribution is 2.37. The minimum atomic E-state index is -4.43. The van der Waals surface area contributed by atoms with E-state index in [-0.39, 0.29) is 5.02 Å². The zero-order valence-corrected chi connectivity index (χ0v) is 8.15. The van der Waals surface area contributed by atoms with E-state index in [0.29, 0.717) is 5.56 Å². The van der Waals surface area contributed by atoms with Gasteiger partial charge < -0.3 is 5.73 Å². The number of rotatable bonds is 1. The fourth-order valence-electron chi connectivity index (χ4n) is 1.12. The molecular weight excluding hydrogens is 215 g/mol. The van der Waals surface area contributed by atoms with Gasteiger partial charge in [-0.05, 0) is 18.6 Å². The van der Waals surface area contributed by atoms with Crippen molar-refractivity contribution < 1.29 is 13.2 Å². The highest BCUT2D eigenvalue weighted by atomic mass is 35.5. The predicted octanol–water partition coefficient (Wildman–Crippen LogP) is 3.38. The third-order valence-electron chi connectivity index (χ3n) is 1.82. The van der Waals surface area contributed by atoms with Crippen molar-refractivity contribution in [3.05, 3.63) is 34.3 Å². The average Bonchev–Trinajstić information content (AvgIpc) is 2.01. The molecule has 0 radical (unpaired) electrons. The Morgan fingerprint density at radius 3 is 2.36 bits per heavy atom. The van der Waals surface area contributed by atoms with Crippen molar-refractivity contribution in [2.45, 2.75) is 19.1 Å². The highest BCUT2D eigenvalue weighted by Gasteiger charge is 2.33. The van der Waals surface area contributed by atoms with Gasteiger partial charge in [-0.15, -0.1) is 0 Å². The van der Waals surface area contributed by atoms with Crippen LogP contribution in [0.5, 0.6) is 0 Å². The van der Waals surface area contributed by atoms with Crippen molar-refractivity contribution in [3.8, 4) is 0 Å². The van der Waals surface area contributed by atoms with Crippen LogP contribution in [0.15, 0.2) is 18.2 Å². The Morgan fingerprint density at radius 2 is 1.93 bits per heavy atom. The molecule has 1 rings (SSSR count). The van der Waals surface area contributed by atoms with Crippen LogP contribution in [0, 0.1) is 0 Å². The van der Waals surface area contributed by atoms with E-state index >= 15 is 0 Å². The molecule has 78 valence electrons. The second-order valence-corrected chi connectivity index (χ2v) is 3.37. The number of halogens is 4. The molecule has 0 aliphatic carbocycles. The summed E-state index contributed by atoms with van der Waals surface area (Å²) in [6.07, 6.45) is -4.43. The maximum Gasteiger partial charge on any atom is 0.417 e. The Hall–Kier alpha value is -0.740. The zero-order valence-electron chi connectivity index (χ0n) is 7.40. The Kier molecular flexibility index (Phi) is 3.07. The minimum Gasteiger partial charge on any atom is -0.324 e. The molecule has 1 atom stereocenters. The third-order valence-corrected chi connectivity index (χ3v) is 2.25. The molecule has 1 aromatic carbocycles. The topological polar surface area (TPSA) is 26.0 Å². The van der Waals surface area contributed by atoms with Crippen LogP contribution in [-0.4, -0.2) is 0 Å². The van der Waals surface area contributed by atoms with Gasteiger partial charge in [-0.1, -0.05) is 23.7 Å². The van der Waals surface area contributed by atoms with Gasteiger partial charge in [-0.2, -0.15) is 13.2 Å². The normalized spacial score (nSPS) is 14.1. The van der Waals surface area contributed by atoms with Crippen molar-refractivity contribution >= 4 is 11.6 Å². The van der Waals surface area contributed by atoms with Crippen molar-refractivity contribution in [1.82, 2.24) is 0 Å². The van der Waals surface area contributed by atoms with E-state index in [2.05, 4.69) is 0 Å². The Labute approximate surface area is 84.7 Å². The van der Waals surface area contributed by atoms with Gasteiger partial charge in [0, 0.05) is 6.04 Å². The second-order valence-electron chi connectivity index (χ2n) is 3.00. The monoisotopic (exact) mass is 223 g/mol. The fourth-order valence-corrected chi connectivity index (χ4v) is 1.53. The highest BCUT2D eigenvalue weighted by molar-refractivity contribution is 6.32. The number of nitrogens with two attached hydrogens (primary N) is 1. The fraction of sp³-hybridized carbons (Fsp3) is 0.333. The van der Waals surface area contributed by atoms with E-state index in [1.807, 2.05) is 0 Å². The smallest absolute Gasteiger partial charge is 0.324 e. The zero-order chi connectivity index (χ0) is 10.9. The van der Waals surface area contributed by atoms with Crippen molar-refractivity contribution in [2.75, 3.05) is 0 Å². The first kappa shape index (κ1) is 11.3. The summed E-state index contributed by atoms with van der Waals surface area (Å²) in [5.74, 6) is 0. The maximum atomic E-state index is 12.4. The molecule has 0 saturated heterocycles. The maximum absolute atomic E-state index is 12.4. The summed E-state index contributed by atoms with van der Waals surface area (Å²) in [4.78, 5) is 0. The molecular formula is C9H9ClF3N. The molecule has 0 unspecified atom stereocenters.